The Hall–Kier alpha value is -1.87. The van der Waals surface area contributed by atoms with Gasteiger partial charge in [-0.1, -0.05) is 11.6 Å². The Morgan fingerprint density at radius 3 is 1.60 bits per heavy atom. The van der Waals surface area contributed by atoms with Gasteiger partial charge in [-0.05, 0) is 6.92 Å². The molecule has 144 valence electrons. The molecule has 0 aliphatic carbocycles. The van der Waals surface area contributed by atoms with Crippen LogP contribution >= 0.6 is 11.6 Å². The molecule has 9 nitrogen and oxygen atoms in total. The van der Waals surface area contributed by atoms with Gasteiger partial charge in [-0.2, -0.15) is 0 Å². The number of hydrogen-bond donors (Lipinski definition) is 0. The number of rotatable bonds is 10. The summed E-state index contributed by atoms with van der Waals surface area (Å²) in [5.41, 5.74) is -1.25. The van der Waals surface area contributed by atoms with Gasteiger partial charge < -0.3 is 23.7 Å². The Labute approximate surface area is 150 Å². The van der Waals surface area contributed by atoms with Gasteiger partial charge in [-0.3, -0.25) is 19.2 Å². The second-order valence-electron chi connectivity index (χ2n) is 5.09. The molecule has 25 heavy (non-hydrogen) atoms. The number of hydrogen-bond acceptors (Lipinski definition) is 9. The van der Waals surface area contributed by atoms with Crippen molar-refractivity contribution in [2.45, 2.75) is 58.5 Å². The highest BCUT2D eigenvalue weighted by Crippen LogP contribution is 2.17. The largest absolute Gasteiger partial charge is 0.463 e. The highest BCUT2D eigenvalue weighted by molar-refractivity contribution is 6.20. The van der Waals surface area contributed by atoms with Gasteiger partial charge in [0.1, 0.15) is 25.4 Å². The van der Waals surface area contributed by atoms with Crippen LogP contribution in [0.4, 0.5) is 0 Å². The average molecular weight is 383 g/mol. The van der Waals surface area contributed by atoms with E-state index in [-0.39, 0.29) is 13.2 Å². The molecule has 0 aliphatic rings. The third kappa shape index (κ3) is 11.3. The summed E-state index contributed by atoms with van der Waals surface area (Å²) >= 11 is 6.09. The zero-order valence-electron chi connectivity index (χ0n) is 14.8. The van der Waals surface area contributed by atoms with E-state index in [0.29, 0.717) is 0 Å². The van der Waals surface area contributed by atoms with Crippen LogP contribution in [-0.2, 0) is 42.9 Å². The van der Waals surface area contributed by atoms with Crippen molar-refractivity contribution < 1.29 is 42.9 Å². The monoisotopic (exact) mass is 382 g/mol. The first-order chi connectivity index (χ1) is 11.5. The fraction of sp³-hybridized carbons (Fsp3) is 0.733. The Bertz CT molecular complexity index is 480. The Morgan fingerprint density at radius 2 is 1.20 bits per heavy atom. The van der Waals surface area contributed by atoms with Crippen LogP contribution in [0.25, 0.3) is 0 Å². The third-order valence-electron chi connectivity index (χ3n) is 2.69. The number of carbonyl (C=O) groups excluding carboxylic acids is 4. The van der Waals surface area contributed by atoms with Crippen LogP contribution in [0.15, 0.2) is 0 Å². The van der Waals surface area contributed by atoms with E-state index in [1.165, 1.54) is 27.7 Å². The molecule has 0 rings (SSSR count). The van der Waals surface area contributed by atoms with Crippen LogP contribution < -0.4 is 0 Å². The van der Waals surface area contributed by atoms with Crippen molar-refractivity contribution in [3.05, 3.63) is 0 Å². The highest BCUT2D eigenvalue weighted by Gasteiger charge is 2.31. The topological polar surface area (TPSA) is 114 Å². The summed E-state index contributed by atoms with van der Waals surface area (Å²) in [7, 11) is 0. The molecule has 2 unspecified atom stereocenters. The first-order valence-corrected chi connectivity index (χ1v) is 7.87. The molecule has 0 aromatic rings. The number of halogens is 1. The van der Waals surface area contributed by atoms with Crippen LogP contribution in [0.3, 0.4) is 0 Å². The van der Waals surface area contributed by atoms with Crippen LogP contribution in [0, 0.1) is 0 Å². The van der Waals surface area contributed by atoms with E-state index in [4.69, 9.17) is 35.3 Å². The van der Waals surface area contributed by atoms with Crippen molar-refractivity contribution in [3.63, 3.8) is 0 Å². The standard InChI is InChI=1S/C15H23ClO9/c1-8(23-11(4)19)13(6-21-9(2)17)25-15(16)14(24-12(5)20)7-22-10(3)18/h8,13-15H,6-7H2,1-5H3/t8-,13?,14+,15?/m1/s1. The molecule has 0 radical (unpaired) electrons. The number of ether oxygens (including phenoxy) is 5. The van der Waals surface area contributed by atoms with E-state index in [2.05, 4.69) is 0 Å². The fourth-order valence-electron chi connectivity index (χ4n) is 1.65. The van der Waals surface area contributed by atoms with E-state index in [1.807, 2.05) is 0 Å². The number of alkyl halides is 1. The highest BCUT2D eigenvalue weighted by atomic mass is 35.5. The van der Waals surface area contributed by atoms with Crippen LogP contribution in [0.1, 0.15) is 34.6 Å². The van der Waals surface area contributed by atoms with Crippen molar-refractivity contribution in [2.75, 3.05) is 13.2 Å². The van der Waals surface area contributed by atoms with Crippen molar-refractivity contribution >= 4 is 35.5 Å². The van der Waals surface area contributed by atoms with Gasteiger partial charge in [0.15, 0.2) is 11.7 Å². The molecule has 0 heterocycles. The van der Waals surface area contributed by atoms with Gasteiger partial charge in [-0.25, -0.2) is 0 Å². The fourth-order valence-corrected chi connectivity index (χ4v) is 1.91. The molecule has 0 saturated carbocycles. The van der Waals surface area contributed by atoms with Crippen molar-refractivity contribution in [3.8, 4) is 0 Å². The van der Waals surface area contributed by atoms with E-state index < -0.39 is 47.8 Å². The molecule has 0 saturated heterocycles. The molecule has 0 aromatic heterocycles. The lowest BCUT2D eigenvalue weighted by Crippen LogP contribution is -2.42. The second-order valence-corrected chi connectivity index (χ2v) is 5.52. The predicted molar refractivity (Wildman–Crippen MR) is 84.6 cm³/mol. The maximum Gasteiger partial charge on any atom is 0.303 e. The molecular formula is C15H23ClO9. The van der Waals surface area contributed by atoms with Crippen molar-refractivity contribution in [1.29, 1.82) is 0 Å². The lowest BCUT2D eigenvalue weighted by atomic mass is 10.2. The Morgan fingerprint density at radius 1 is 0.760 bits per heavy atom. The molecule has 0 fully saturated rings. The summed E-state index contributed by atoms with van der Waals surface area (Å²) < 4.78 is 25.1. The zero-order valence-corrected chi connectivity index (χ0v) is 15.5. The maximum absolute atomic E-state index is 11.2. The summed E-state index contributed by atoms with van der Waals surface area (Å²) in [6.07, 6.45) is -2.83. The Balaban J connectivity index is 5.02. The smallest absolute Gasteiger partial charge is 0.303 e. The van der Waals surface area contributed by atoms with Gasteiger partial charge in [-0.15, -0.1) is 0 Å². The third-order valence-corrected chi connectivity index (χ3v) is 3.08. The summed E-state index contributed by atoms with van der Waals surface area (Å²) in [5.74, 6) is -2.38. The molecule has 10 heteroatoms. The lowest BCUT2D eigenvalue weighted by molar-refractivity contribution is -0.176. The second kappa shape index (κ2) is 11.6. The molecule has 4 atom stereocenters. The molecule has 0 aromatic carbocycles. The van der Waals surface area contributed by atoms with Gasteiger partial charge in [0.05, 0.1) is 0 Å². The van der Waals surface area contributed by atoms with Crippen LogP contribution in [-0.4, -0.2) is 61.0 Å². The van der Waals surface area contributed by atoms with Gasteiger partial charge >= 0.3 is 23.9 Å². The van der Waals surface area contributed by atoms with Crippen LogP contribution in [0.2, 0.25) is 0 Å². The molecule has 0 N–H and O–H groups in total. The summed E-state index contributed by atoms with van der Waals surface area (Å²) in [4.78, 5) is 44.2. The van der Waals surface area contributed by atoms with Crippen molar-refractivity contribution in [2.24, 2.45) is 0 Å². The number of carbonyl (C=O) groups is 4. The predicted octanol–water partition coefficient (Wildman–Crippen LogP) is 0.946. The molecule has 0 aliphatic heterocycles. The number of esters is 4. The van der Waals surface area contributed by atoms with E-state index in [9.17, 15) is 19.2 Å². The molecular weight excluding hydrogens is 360 g/mol. The van der Waals surface area contributed by atoms with Gasteiger partial charge in [0.2, 0.25) is 0 Å². The van der Waals surface area contributed by atoms with Crippen molar-refractivity contribution in [1.82, 2.24) is 0 Å². The summed E-state index contributed by atoms with van der Waals surface area (Å²) in [5, 5.41) is 0. The zero-order chi connectivity index (χ0) is 19.6. The van der Waals surface area contributed by atoms with Crippen LogP contribution in [0.5, 0.6) is 0 Å². The normalized spacial score (nSPS) is 15.3. The first kappa shape index (κ1) is 23.1. The SMILES string of the molecule is CC(=O)OCC(OC(Cl)[C@H](COC(C)=O)OC(C)=O)[C@@H](C)OC(C)=O. The minimum Gasteiger partial charge on any atom is -0.463 e. The molecule has 0 amide bonds. The van der Waals surface area contributed by atoms with Gasteiger partial charge in [0.25, 0.3) is 0 Å². The first-order valence-electron chi connectivity index (χ1n) is 7.43. The van der Waals surface area contributed by atoms with E-state index >= 15 is 0 Å². The van der Waals surface area contributed by atoms with Gasteiger partial charge in [0, 0.05) is 27.7 Å². The molecule has 0 spiro atoms. The minimum atomic E-state index is -1.25. The van der Waals surface area contributed by atoms with E-state index in [1.54, 1.807) is 0 Å². The lowest BCUT2D eigenvalue weighted by Gasteiger charge is -2.29. The average Bonchev–Trinajstić information content (AvgIpc) is 2.45. The molecule has 0 bridgehead atoms. The maximum atomic E-state index is 11.2. The summed E-state index contributed by atoms with van der Waals surface area (Å²) in [6, 6.07) is 0. The minimum absolute atomic E-state index is 0.243. The quantitative estimate of drug-likeness (QED) is 0.309. The summed E-state index contributed by atoms with van der Waals surface area (Å²) in [6.45, 7) is 5.70. The Kier molecular flexibility index (Phi) is 10.8. The van der Waals surface area contributed by atoms with E-state index in [0.717, 1.165) is 6.92 Å².